The van der Waals surface area contributed by atoms with E-state index in [9.17, 15) is 4.79 Å². The summed E-state index contributed by atoms with van der Waals surface area (Å²) in [6.45, 7) is 8.33. The molecule has 8 nitrogen and oxygen atoms in total. The third-order valence-corrected chi connectivity index (χ3v) is 8.12. The van der Waals surface area contributed by atoms with Gasteiger partial charge in [-0.25, -0.2) is 9.67 Å². The van der Waals surface area contributed by atoms with Crippen molar-refractivity contribution in [3.05, 3.63) is 90.4 Å². The molecular formula is C29H32N6O2Si. The van der Waals surface area contributed by atoms with Gasteiger partial charge in [0.1, 0.15) is 12.5 Å². The van der Waals surface area contributed by atoms with Gasteiger partial charge in [0.25, 0.3) is 5.91 Å². The van der Waals surface area contributed by atoms with Crippen LogP contribution in [0.15, 0.2) is 79.3 Å². The summed E-state index contributed by atoms with van der Waals surface area (Å²) in [4.78, 5) is 24.3. The van der Waals surface area contributed by atoms with Crippen molar-refractivity contribution in [3.63, 3.8) is 0 Å². The van der Waals surface area contributed by atoms with Crippen molar-refractivity contribution in [2.45, 2.75) is 39.0 Å². The Morgan fingerprint density at radius 3 is 2.66 bits per heavy atom. The minimum Gasteiger partial charge on any atom is -0.384 e. The molecule has 0 saturated heterocycles. The van der Waals surface area contributed by atoms with Gasteiger partial charge in [-0.2, -0.15) is 5.10 Å². The fourth-order valence-corrected chi connectivity index (χ4v) is 5.10. The van der Waals surface area contributed by atoms with Gasteiger partial charge >= 0.3 is 0 Å². The number of anilines is 2. The van der Waals surface area contributed by atoms with Crippen molar-refractivity contribution in [3.8, 4) is 0 Å². The summed E-state index contributed by atoms with van der Waals surface area (Å²) in [5.41, 5.74) is 9.76. The molecule has 2 N–H and O–H groups in total. The largest absolute Gasteiger partial charge is 0.384 e. The lowest BCUT2D eigenvalue weighted by Crippen LogP contribution is -2.31. The van der Waals surface area contributed by atoms with Gasteiger partial charge in [0.05, 0.1) is 35.0 Å². The number of nitrogens with two attached hydrogens (primary N) is 1. The maximum atomic E-state index is 13.9. The molecule has 0 spiro atoms. The summed E-state index contributed by atoms with van der Waals surface area (Å²) < 4.78 is 7.86. The second kappa shape index (κ2) is 10.7. The first kappa shape index (κ1) is 25.6. The number of aromatic nitrogens is 4. The number of hydrogen-bond acceptors (Lipinski definition) is 6. The number of nitrogen functional groups attached to an aromatic ring is 1. The standard InChI is InChI=1S/C29H32N6O2Si/c1-38(2,3)15-14-37-20-35-28-23(18-32-35)6-4-8-26(28)34(29(36)24-7-5-13-31-17-24)19-21-9-10-22-11-12-27(30)33-25(22)16-21/h4-13,16-18H,14-15,19-20H2,1-3H3,(H2,30,33). The highest BCUT2D eigenvalue weighted by Gasteiger charge is 2.23. The summed E-state index contributed by atoms with van der Waals surface area (Å²) in [5, 5.41) is 6.52. The second-order valence-electron chi connectivity index (χ2n) is 10.6. The first-order chi connectivity index (χ1) is 18.3. The van der Waals surface area contributed by atoms with Gasteiger partial charge in [-0.3, -0.25) is 9.78 Å². The number of ether oxygens (including phenoxy) is 1. The highest BCUT2D eigenvalue weighted by Crippen LogP contribution is 2.30. The van der Waals surface area contributed by atoms with Crippen molar-refractivity contribution in [2.24, 2.45) is 0 Å². The Hall–Kier alpha value is -4.08. The zero-order valence-corrected chi connectivity index (χ0v) is 23.0. The average molecular weight is 525 g/mol. The van der Waals surface area contributed by atoms with Crippen LogP contribution in [-0.4, -0.2) is 40.3 Å². The minimum absolute atomic E-state index is 0.154. The van der Waals surface area contributed by atoms with Crippen molar-refractivity contribution in [2.75, 3.05) is 17.2 Å². The summed E-state index contributed by atoms with van der Waals surface area (Å²) in [6, 6.07) is 20.2. The molecule has 0 bridgehead atoms. The maximum absolute atomic E-state index is 13.9. The van der Waals surface area contributed by atoms with Crippen LogP contribution in [0.1, 0.15) is 15.9 Å². The van der Waals surface area contributed by atoms with Gasteiger partial charge in [0.2, 0.25) is 0 Å². The van der Waals surface area contributed by atoms with Crippen LogP contribution in [0.5, 0.6) is 0 Å². The quantitative estimate of drug-likeness (QED) is 0.196. The van der Waals surface area contributed by atoms with Gasteiger partial charge in [-0.1, -0.05) is 43.9 Å². The molecule has 9 heteroatoms. The Balaban J connectivity index is 1.54. The molecule has 0 atom stereocenters. The molecule has 3 heterocycles. The third kappa shape index (κ3) is 5.74. The number of fused-ring (bicyclic) bond motifs is 2. The number of nitrogens with zero attached hydrogens (tertiary/aromatic N) is 5. The third-order valence-electron chi connectivity index (χ3n) is 6.41. The molecule has 5 rings (SSSR count). The van der Waals surface area contributed by atoms with Crippen LogP contribution >= 0.6 is 0 Å². The second-order valence-corrected chi connectivity index (χ2v) is 16.2. The van der Waals surface area contributed by atoms with Crippen LogP contribution in [0.3, 0.4) is 0 Å². The lowest BCUT2D eigenvalue weighted by molar-refractivity contribution is 0.0816. The number of carbonyl (C=O) groups is 1. The van der Waals surface area contributed by atoms with Crippen LogP contribution in [0.2, 0.25) is 25.7 Å². The van der Waals surface area contributed by atoms with Crippen molar-refractivity contribution >= 4 is 47.3 Å². The molecule has 0 fully saturated rings. The fraction of sp³-hybridized carbons (Fsp3) is 0.241. The van der Waals surface area contributed by atoms with E-state index in [1.54, 1.807) is 35.5 Å². The number of para-hydroxylation sites is 1. The molecule has 0 unspecified atom stereocenters. The molecule has 38 heavy (non-hydrogen) atoms. The van der Waals surface area contributed by atoms with Gasteiger partial charge < -0.3 is 15.4 Å². The lowest BCUT2D eigenvalue weighted by atomic mass is 10.1. The van der Waals surface area contributed by atoms with Crippen molar-refractivity contribution < 1.29 is 9.53 Å². The average Bonchev–Trinajstić information content (AvgIpc) is 3.32. The monoisotopic (exact) mass is 524 g/mol. The molecule has 5 aromatic rings. The van der Waals surface area contributed by atoms with Gasteiger partial charge in [-0.05, 0) is 48.0 Å². The number of amides is 1. The summed E-state index contributed by atoms with van der Waals surface area (Å²) in [6.07, 6.45) is 5.07. The molecule has 2 aromatic carbocycles. The van der Waals surface area contributed by atoms with Gasteiger partial charge in [0, 0.05) is 37.8 Å². The normalized spacial score (nSPS) is 11.8. The number of pyridine rings is 2. The highest BCUT2D eigenvalue weighted by atomic mass is 28.3. The molecule has 0 aliphatic carbocycles. The Kier molecular flexibility index (Phi) is 7.21. The van der Waals surface area contributed by atoms with E-state index in [0.717, 1.165) is 39.1 Å². The molecule has 194 valence electrons. The molecule has 0 aliphatic heterocycles. The summed E-state index contributed by atoms with van der Waals surface area (Å²) in [5.74, 6) is 0.305. The van der Waals surface area contributed by atoms with Crippen LogP contribution in [0.4, 0.5) is 11.5 Å². The Labute approximate surface area is 223 Å². The predicted molar refractivity (Wildman–Crippen MR) is 155 cm³/mol. The first-order valence-corrected chi connectivity index (χ1v) is 16.4. The van der Waals surface area contributed by atoms with E-state index in [4.69, 9.17) is 10.5 Å². The van der Waals surface area contributed by atoms with Crippen molar-refractivity contribution in [1.82, 2.24) is 19.7 Å². The van der Waals surface area contributed by atoms with E-state index in [1.165, 1.54) is 0 Å². The van der Waals surface area contributed by atoms with E-state index in [0.29, 0.717) is 31.3 Å². The maximum Gasteiger partial charge on any atom is 0.260 e. The van der Waals surface area contributed by atoms with Crippen LogP contribution < -0.4 is 10.6 Å². The number of rotatable bonds is 9. The molecule has 0 saturated carbocycles. The van der Waals surface area contributed by atoms with Crippen LogP contribution in [0, 0.1) is 0 Å². The topological polar surface area (TPSA) is 99.2 Å². The van der Waals surface area contributed by atoms with Crippen LogP contribution in [0.25, 0.3) is 21.8 Å². The van der Waals surface area contributed by atoms with E-state index < -0.39 is 8.07 Å². The summed E-state index contributed by atoms with van der Waals surface area (Å²) in [7, 11) is -1.21. The van der Waals surface area contributed by atoms with Crippen LogP contribution in [-0.2, 0) is 18.0 Å². The van der Waals surface area contributed by atoms with Gasteiger partial charge in [0.15, 0.2) is 0 Å². The Bertz CT molecular complexity index is 1580. The van der Waals surface area contributed by atoms with E-state index in [1.807, 2.05) is 53.3 Å². The zero-order valence-electron chi connectivity index (χ0n) is 22.0. The Morgan fingerprint density at radius 2 is 1.87 bits per heavy atom. The zero-order chi connectivity index (χ0) is 26.7. The highest BCUT2D eigenvalue weighted by molar-refractivity contribution is 6.76. The molecule has 0 radical (unpaired) electrons. The Morgan fingerprint density at radius 1 is 1.03 bits per heavy atom. The molecule has 1 amide bonds. The molecule has 3 aromatic heterocycles. The SMILES string of the molecule is C[Si](C)(C)CCOCn1ncc2cccc(N(Cc3ccc4ccc(N)nc4c3)C(=O)c3cccnc3)c21. The fourth-order valence-electron chi connectivity index (χ4n) is 4.34. The first-order valence-electron chi connectivity index (χ1n) is 12.7. The summed E-state index contributed by atoms with van der Waals surface area (Å²) >= 11 is 0. The van der Waals surface area contributed by atoms with Gasteiger partial charge in [-0.15, -0.1) is 0 Å². The molecule has 0 aliphatic rings. The van der Waals surface area contributed by atoms with E-state index in [2.05, 4.69) is 34.7 Å². The van der Waals surface area contributed by atoms with E-state index >= 15 is 0 Å². The smallest absolute Gasteiger partial charge is 0.260 e. The molecular weight excluding hydrogens is 492 g/mol. The van der Waals surface area contributed by atoms with E-state index in [-0.39, 0.29) is 5.91 Å². The number of hydrogen-bond donors (Lipinski definition) is 1. The van der Waals surface area contributed by atoms with Crippen molar-refractivity contribution in [1.29, 1.82) is 0 Å². The lowest BCUT2D eigenvalue weighted by Gasteiger charge is -2.25. The number of benzene rings is 2. The minimum atomic E-state index is -1.21. The predicted octanol–water partition coefficient (Wildman–Crippen LogP) is 5.72. The number of carbonyl (C=O) groups excluding carboxylic acids is 1.